The standard InChI is InChI=1S/C11H9NO4/c1-16-10(13)7-3-5-8-4-2-6-9(12-8)11(14)15/h2,4,6H,7H2,1H3,(H,14,15). The molecule has 1 aromatic heterocycles. The van der Waals surface area contributed by atoms with Crippen molar-refractivity contribution in [3.8, 4) is 11.8 Å². The van der Waals surface area contributed by atoms with Crippen LogP contribution >= 0.6 is 0 Å². The van der Waals surface area contributed by atoms with Crippen molar-refractivity contribution in [2.75, 3.05) is 7.11 Å². The number of aromatic nitrogens is 1. The van der Waals surface area contributed by atoms with Gasteiger partial charge in [0, 0.05) is 0 Å². The molecule has 0 atom stereocenters. The zero-order valence-corrected chi connectivity index (χ0v) is 8.56. The fraction of sp³-hybridized carbons (Fsp3) is 0.182. The first kappa shape index (κ1) is 11.7. The van der Waals surface area contributed by atoms with Gasteiger partial charge in [-0.15, -0.1) is 0 Å². The Morgan fingerprint density at radius 1 is 1.50 bits per heavy atom. The minimum atomic E-state index is -1.11. The molecule has 0 radical (unpaired) electrons. The molecular weight excluding hydrogens is 210 g/mol. The number of carbonyl (C=O) groups is 2. The number of nitrogens with zero attached hydrogens (tertiary/aromatic N) is 1. The largest absolute Gasteiger partial charge is 0.477 e. The van der Waals surface area contributed by atoms with E-state index in [1.165, 1.54) is 13.2 Å². The molecule has 0 aromatic carbocycles. The van der Waals surface area contributed by atoms with Crippen LogP contribution in [0.25, 0.3) is 0 Å². The smallest absolute Gasteiger partial charge is 0.354 e. The van der Waals surface area contributed by atoms with E-state index in [1.807, 2.05) is 0 Å². The van der Waals surface area contributed by atoms with E-state index in [9.17, 15) is 9.59 Å². The number of ether oxygens (including phenoxy) is 1. The van der Waals surface area contributed by atoms with Crippen LogP contribution in [0.5, 0.6) is 0 Å². The van der Waals surface area contributed by atoms with Crippen molar-refractivity contribution in [3.05, 3.63) is 29.6 Å². The molecule has 0 aliphatic carbocycles. The Kier molecular flexibility index (Phi) is 4.04. The summed E-state index contributed by atoms with van der Waals surface area (Å²) in [5.41, 5.74) is 0.230. The van der Waals surface area contributed by atoms with Crippen LogP contribution in [-0.4, -0.2) is 29.1 Å². The molecule has 0 aliphatic heterocycles. The van der Waals surface area contributed by atoms with Crippen molar-refractivity contribution < 1.29 is 19.4 Å². The summed E-state index contributed by atoms with van der Waals surface area (Å²) in [4.78, 5) is 25.1. The monoisotopic (exact) mass is 219 g/mol. The average molecular weight is 219 g/mol. The number of methoxy groups -OCH3 is 1. The highest BCUT2D eigenvalue weighted by Gasteiger charge is 2.03. The van der Waals surface area contributed by atoms with Crippen molar-refractivity contribution in [1.82, 2.24) is 4.98 Å². The molecule has 0 spiro atoms. The van der Waals surface area contributed by atoms with Gasteiger partial charge in [0.15, 0.2) is 0 Å². The van der Waals surface area contributed by atoms with Crippen LogP contribution in [0.4, 0.5) is 0 Å². The molecule has 0 bridgehead atoms. The molecule has 0 unspecified atom stereocenters. The number of carboxylic acids is 1. The van der Waals surface area contributed by atoms with E-state index >= 15 is 0 Å². The summed E-state index contributed by atoms with van der Waals surface area (Å²) in [7, 11) is 1.27. The van der Waals surface area contributed by atoms with Crippen LogP contribution in [0.2, 0.25) is 0 Å². The normalized spacial score (nSPS) is 8.81. The molecule has 5 heteroatoms. The fourth-order valence-electron chi connectivity index (χ4n) is 0.903. The van der Waals surface area contributed by atoms with Crippen molar-refractivity contribution in [2.24, 2.45) is 0 Å². The topological polar surface area (TPSA) is 76.5 Å². The molecule has 5 nitrogen and oxygen atoms in total. The quantitative estimate of drug-likeness (QED) is 0.585. The highest BCUT2D eigenvalue weighted by molar-refractivity contribution is 5.85. The Bertz CT molecular complexity index is 470. The van der Waals surface area contributed by atoms with Gasteiger partial charge < -0.3 is 9.84 Å². The Morgan fingerprint density at radius 2 is 2.25 bits per heavy atom. The van der Waals surface area contributed by atoms with Crippen molar-refractivity contribution in [2.45, 2.75) is 6.42 Å². The molecule has 1 rings (SSSR count). The van der Waals surface area contributed by atoms with Crippen molar-refractivity contribution >= 4 is 11.9 Å². The number of esters is 1. The Hall–Kier alpha value is -2.35. The summed E-state index contributed by atoms with van der Waals surface area (Å²) >= 11 is 0. The van der Waals surface area contributed by atoms with Gasteiger partial charge in [0.2, 0.25) is 0 Å². The fourth-order valence-corrected chi connectivity index (χ4v) is 0.903. The maximum absolute atomic E-state index is 10.7. The predicted molar refractivity (Wildman–Crippen MR) is 54.7 cm³/mol. The molecule has 1 aromatic rings. The van der Waals surface area contributed by atoms with Gasteiger partial charge in [-0.3, -0.25) is 4.79 Å². The maximum atomic E-state index is 10.7. The van der Waals surface area contributed by atoms with Crippen LogP contribution in [0.15, 0.2) is 18.2 Å². The van der Waals surface area contributed by atoms with Crippen LogP contribution < -0.4 is 0 Å². The predicted octanol–water partition coefficient (Wildman–Crippen LogP) is 0.694. The molecule has 0 aliphatic rings. The molecule has 0 fully saturated rings. The summed E-state index contributed by atoms with van der Waals surface area (Å²) in [5.74, 6) is 3.56. The number of rotatable bonds is 2. The Balaban J connectivity index is 2.77. The van der Waals surface area contributed by atoms with Gasteiger partial charge in [-0.05, 0) is 18.1 Å². The van der Waals surface area contributed by atoms with E-state index in [0.717, 1.165) is 0 Å². The molecular formula is C11H9NO4. The second-order valence-corrected chi connectivity index (χ2v) is 2.77. The minimum absolute atomic E-state index is 0.0462. The third kappa shape index (κ3) is 3.42. The SMILES string of the molecule is COC(=O)CC#Cc1cccc(C(=O)O)n1. The van der Waals surface area contributed by atoms with Crippen molar-refractivity contribution in [3.63, 3.8) is 0 Å². The number of hydrogen-bond donors (Lipinski definition) is 1. The molecule has 0 saturated heterocycles. The number of hydrogen-bond acceptors (Lipinski definition) is 4. The van der Waals surface area contributed by atoms with E-state index in [4.69, 9.17) is 5.11 Å². The number of carboxylic acid groups (broad SMARTS) is 1. The second-order valence-electron chi connectivity index (χ2n) is 2.77. The lowest BCUT2D eigenvalue weighted by Crippen LogP contribution is -2.01. The number of aromatic carboxylic acids is 1. The summed E-state index contributed by atoms with van der Waals surface area (Å²) in [5, 5.41) is 8.68. The lowest BCUT2D eigenvalue weighted by atomic mass is 10.3. The Labute approximate surface area is 92.1 Å². The lowest BCUT2D eigenvalue weighted by molar-refractivity contribution is -0.139. The molecule has 1 N–H and O–H groups in total. The first-order valence-corrected chi connectivity index (χ1v) is 4.39. The van der Waals surface area contributed by atoms with Crippen molar-refractivity contribution in [1.29, 1.82) is 0 Å². The first-order valence-electron chi connectivity index (χ1n) is 4.39. The summed E-state index contributed by atoms with van der Waals surface area (Å²) < 4.78 is 4.39. The first-order chi connectivity index (χ1) is 7.63. The summed E-state index contributed by atoms with van der Waals surface area (Å²) in [6.45, 7) is 0. The van der Waals surface area contributed by atoms with Crippen LogP contribution in [0.1, 0.15) is 22.6 Å². The third-order valence-electron chi connectivity index (χ3n) is 1.65. The van der Waals surface area contributed by atoms with Gasteiger partial charge in [0.25, 0.3) is 0 Å². The highest BCUT2D eigenvalue weighted by Crippen LogP contribution is 1.98. The van der Waals surface area contributed by atoms with Gasteiger partial charge in [-0.2, -0.15) is 0 Å². The number of pyridine rings is 1. The molecule has 0 saturated carbocycles. The van der Waals surface area contributed by atoms with E-state index in [2.05, 4.69) is 21.6 Å². The second kappa shape index (κ2) is 5.51. The minimum Gasteiger partial charge on any atom is -0.477 e. The van der Waals surface area contributed by atoms with E-state index < -0.39 is 11.9 Å². The number of carbonyl (C=O) groups excluding carboxylic acids is 1. The van der Waals surface area contributed by atoms with E-state index in [0.29, 0.717) is 5.69 Å². The molecule has 82 valence electrons. The average Bonchev–Trinajstić information content (AvgIpc) is 2.29. The Morgan fingerprint density at radius 3 is 2.88 bits per heavy atom. The van der Waals surface area contributed by atoms with Crippen LogP contribution in [-0.2, 0) is 9.53 Å². The highest BCUT2D eigenvalue weighted by atomic mass is 16.5. The van der Waals surface area contributed by atoms with Crippen LogP contribution in [0, 0.1) is 11.8 Å². The zero-order valence-electron chi connectivity index (χ0n) is 8.56. The van der Waals surface area contributed by atoms with E-state index in [1.54, 1.807) is 12.1 Å². The molecule has 0 amide bonds. The molecule has 1 heterocycles. The lowest BCUT2D eigenvalue weighted by Gasteiger charge is -1.93. The summed E-state index contributed by atoms with van der Waals surface area (Å²) in [6.07, 6.45) is -0.0462. The van der Waals surface area contributed by atoms with Gasteiger partial charge in [-0.1, -0.05) is 12.0 Å². The third-order valence-corrected chi connectivity index (χ3v) is 1.65. The van der Waals surface area contributed by atoms with Gasteiger partial charge >= 0.3 is 11.9 Å². The zero-order chi connectivity index (χ0) is 12.0. The van der Waals surface area contributed by atoms with E-state index in [-0.39, 0.29) is 12.1 Å². The van der Waals surface area contributed by atoms with Crippen LogP contribution in [0.3, 0.4) is 0 Å². The maximum Gasteiger partial charge on any atom is 0.354 e. The van der Waals surface area contributed by atoms with Gasteiger partial charge in [0.1, 0.15) is 17.8 Å². The van der Waals surface area contributed by atoms with Gasteiger partial charge in [0.05, 0.1) is 7.11 Å². The molecule has 16 heavy (non-hydrogen) atoms. The van der Waals surface area contributed by atoms with Gasteiger partial charge in [-0.25, -0.2) is 9.78 Å². The summed E-state index contributed by atoms with van der Waals surface area (Å²) in [6, 6.07) is 4.48.